The molecule has 1 saturated carbocycles. The number of aliphatic carboxylic acids is 1. The molecule has 1 N–H and O–H groups in total. The van der Waals surface area contributed by atoms with Crippen molar-refractivity contribution in [1.82, 2.24) is 4.31 Å². The van der Waals surface area contributed by atoms with Crippen LogP contribution in [0.2, 0.25) is 0 Å². The van der Waals surface area contributed by atoms with Gasteiger partial charge < -0.3 is 9.84 Å². The molecule has 1 fully saturated rings. The number of nitrogens with zero attached hydrogens (tertiary/aromatic N) is 1. The van der Waals surface area contributed by atoms with E-state index in [2.05, 4.69) is 28.1 Å². The summed E-state index contributed by atoms with van der Waals surface area (Å²) in [6.45, 7) is 2.09. The van der Waals surface area contributed by atoms with E-state index in [1.807, 2.05) is 6.07 Å². The SMILES string of the molecule is Cc1cc(S(=O)(=O)N2Cc3cc(Br)ccc3C3(CCCCC3)C2)ccc1OCC(=O)O. The lowest BCUT2D eigenvalue weighted by molar-refractivity contribution is -0.139. The Kier molecular flexibility index (Phi) is 6.16. The molecule has 0 saturated heterocycles. The largest absolute Gasteiger partial charge is 0.482 e. The minimum absolute atomic E-state index is 0.140. The van der Waals surface area contributed by atoms with E-state index in [0.717, 1.165) is 35.7 Å². The number of aryl methyl sites for hydroxylation is 1. The molecule has 2 aromatic carbocycles. The summed E-state index contributed by atoms with van der Waals surface area (Å²) in [6.07, 6.45) is 5.40. The lowest BCUT2D eigenvalue weighted by Gasteiger charge is -2.46. The normalized spacial score (nSPS) is 18.5. The Morgan fingerprint density at radius 2 is 1.90 bits per heavy atom. The maximum absolute atomic E-state index is 13.6. The van der Waals surface area contributed by atoms with Gasteiger partial charge in [-0.1, -0.05) is 41.3 Å². The third-order valence-electron chi connectivity index (χ3n) is 6.41. The minimum Gasteiger partial charge on any atom is -0.482 e. The van der Waals surface area contributed by atoms with Gasteiger partial charge in [-0.15, -0.1) is 0 Å². The molecule has 8 heteroatoms. The third-order valence-corrected chi connectivity index (χ3v) is 8.69. The fourth-order valence-corrected chi connectivity index (χ4v) is 6.94. The molecule has 1 aliphatic carbocycles. The number of carboxylic acid groups (broad SMARTS) is 1. The summed E-state index contributed by atoms with van der Waals surface area (Å²) in [5, 5.41) is 8.81. The zero-order chi connectivity index (χ0) is 22.2. The molecular formula is C23H26BrNO5S. The van der Waals surface area contributed by atoms with Gasteiger partial charge in [0.05, 0.1) is 4.90 Å². The smallest absolute Gasteiger partial charge is 0.341 e. The van der Waals surface area contributed by atoms with Gasteiger partial charge in [-0.05, 0) is 66.8 Å². The molecule has 0 radical (unpaired) electrons. The van der Waals surface area contributed by atoms with Crippen LogP contribution in [-0.4, -0.2) is 37.0 Å². The highest BCUT2D eigenvalue weighted by Gasteiger charge is 2.44. The van der Waals surface area contributed by atoms with Crippen molar-refractivity contribution >= 4 is 31.9 Å². The first-order valence-electron chi connectivity index (χ1n) is 10.5. The first kappa shape index (κ1) is 22.3. The lowest BCUT2D eigenvalue weighted by Crippen LogP contribution is -2.48. The summed E-state index contributed by atoms with van der Waals surface area (Å²) in [7, 11) is -3.72. The molecule has 166 valence electrons. The van der Waals surface area contributed by atoms with Crippen LogP contribution in [0.4, 0.5) is 0 Å². The van der Waals surface area contributed by atoms with Gasteiger partial charge in [0, 0.05) is 23.0 Å². The van der Waals surface area contributed by atoms with Gasteiger partial charge in [0.1, 0.15) is 5.75 Å². The van der Waals surface area contributed by atoms with Crippen LogP contribution in [0.1, 0.15) is 48.8 Å². The number of fused-ring (bicyclic) bond motifs is 2. The fraction of sp³-hybridized carbons (Fsp3) is 0.435. The van der Waals surface area contributed by atoms with E-state index in [1.165, 1.54) is 24.1 Å². The molecule has 6 nitrogen and oxygen atoms in total. The van der Waals surface area contributed by atoms with Gasteiger partial charge in [0.15, 0.2) is 6.61 Å². The average Bonchev–Trinajstić information content (AvgIpc) is 2.73. The van der Waals surface area contributed by atoms with Crippen LogP contribution in [0, 0.1) is 6.92 Å². The molecule has 31 heavy (non-hydrogen) atoms. The van der Waals surface area contributed by atoms with Crippen molar-refractivity contribution in [3.05, 3.63) is 57.6 Å². The standard InChI is InChI=1S/C23H26BrNO5S/c1-16-11-19(6-8-21(16)30-14-22(26)27)31(28,29)25-13-17-12-18(24)5-7-20(17)23(15-25)9-3-2-4-10-23/h5-8,11-12H,2-4,9-10,13-15H2,1H3,(H,26,27). The summed E-state index contributed by atoms with van der Waals surface area (Å²) < 4.78 is 35.0. The Morgan fingerprint density at radius 3 is 2.58 bits per heavy atom. The number of halogens is 1. The molecule has 0 unspecified atom stereocenters. The molecule has 1 spiro atoms. The van der Waals surface area contributed by atoms with Crippen LogP contribution in [-0.2, 0) is 26.8 Å². The van der Waals surface area contributed by atoms with E-state index >= 15 is 0 Å². The maximum Gasteiger partial charge on any atom is 0.341 e. The Morgan fingerprint density at radius 1 is 1.16 bits per heavy atom. The Labute approximate surface area is 191 Å². The van der Waals surface area contributed by atoms with E-state index in [0.29, 0.717) is 24.4 Å². The second-order valence-corrected chi connectivity index (χ2v) is 11.4. The maximum atomic E-state index is 13.6. The van der Waals surface area contributed by atoms with Crippen molar-refractivity contribution in [2.45, 2.75) is 55.9 Å². The van der Waals surface area contributed by atoms with Crippen molar-refractivity contribution in [3.8, 4) is 5.75 Å². The van der Waals surface area contributed by atoms with Gasteiger partial charge in [-0.3, -0.25) is 0 Å². The zero-order valence-corrected chi connectivity index (χ0v) is 19.8. The van der Waals surface area contributed by atoms with Crippen LogP contribution in [0.15, 0.2) is 45.8 Å². The van der Waals surface area contributed by atoms with E-state index in [9.17, 15) is 13.2 Å². The summed E-state index contributed by atoms with van der Waals surface area (Å²) in [6, 6.07) is 10.9. The predicted octanol–water partition coefficient (Wildman–Crippen LogP) is 4.63. The topological polar surface area (TPSA) is 83.9 Å². The molecule has 0 bridgehead atoms. The molecule has 4 rings (SSSR count). The number of hydrogen-bond donors (Lipinski definition) is 1. The number of benzene rings is 2. The molecule has 0 amide bonds. The van der Waals surface area contributed by atoms with Crippen LogP contribution in [0.3, 0.4) is 0 Å². The Bertz CT molecular complexity index is 1110. The summed E-state index contributed by atoms with van der Waals surface area (Å²) in [5.41, 5.74) is 2.80. The van der Waals surface area contributed by atoms with Crippen LogP contribution in [0.5, 0.6) is 5.75 Å². The highest BCUT2D eigenvalue weighted by molar-refractivity contribution is 9.10. The highest BCUT2D eigenvalue weighted by Crippen LogP contribution is 2.46. The van der Waals surface area contributed by atoms with E-state index in [4.69, 9.17) is 9.84 Å². The van der Waals surface area contributed by atoms with Crippen molar-refractivity contribution in [3.63, 3.8) is 0 Å². The third kappa shape index (κ3) is 4.38. The van der Waals surface area contributed by atoms with Crippen molar-refractivity contribution in [1.29, 1.82) is 0 Å². The molecule has 1 heterocycles. The number of hydrogen-bond acceptors (Lipinski definition) is 4. The van der Waals surface area contributed by atoms with Gasteiger partial charge in [0.2, 0.25) is 10.0 Å². The first-order valence-corrected chi connectivity index (χ1v) is 12.7. The number of ether oxygens (including phenoxy) is 1. The molecule has 0 atom stereocenters. The number of sulfonamides is 1. The quantitative estimate of drug-likeness (QED) is 0.637. The first-order chi connectivity index (χ1) is 14.7. The monoisotopic (exact) mass is 507 g/mol. The molecule has 0 aromatic heterocycles. The van der Waals surface area contributed by atoms with Gasteiger partial charge in [-0.2, -0.15) is 4.31 Å². The second-order valence-electron chi connectivity index (χ2n) is 8.53. The summed E-state index contributed by atoms with van der Waals surface area (Å²) in [4.78, 5) is 11.0. The van der Waals surface area contributed by atoms with Crippen molar-refractivity contribution in [2.75, 3.05) is 13.2 Å². The van der Waals surface area contributed by atoms with Crippen LogP contribution >= 0.6 is 15.9 Å². The summed E-state index contributed by atoms with van der Waals surface area (Å²) >= 11 is 3.54. The van der Waals surface area contributed by atoms with E-state index in [1.54, 1.807) is 17.3 Å². The van der Waals surface area contributed by atoms with Gasteiger partial charge in [-0.25, -0.2) is 13.2 Å². The van der Waals surface area contributed by atoms with Crippen LogP contribution in [0.25, 0.3) is 0 Å². The molecule has 2 aliphatic rings. The Balaban J connectivity index is 1.68. The van der Waals surface area contributed by atoms with Crippen molar-refractivity contribution in [2.24, 2.45) is 0 Å². The summed E-state index contributed by atoms with van der Waals surface area (Å²) in [5.74, 6) is -0.704. The highest BCUT2D eigenvalue weighted by atomic mass is 79.9. The predicted molar refractivity (Wildman–Crippen MR) is 121 cm³/mol. The molecule has 1 aliphatic heterocycles. The minimum atomic E-state index is -3.72. The van der Waals surface area contributed by atoms with Crippen molar-refractivity contribution < 1.29 is 23.1 Å². The second kappa shape index (κ2) is 8.56. The molecule has 2 aromatic rings. The lowest BCUT2D eigenvalue weighted by atomic mass is 9.66. The van der Waals surface area contributed by atoms with Crippen LogP contribution < -0.4 is 4.74 Å². The van der Waals surface area contributed by atoms with Gasteiger partial charge >= 0.3 is 5.97 Å². The average molecular weight is 508 g/mol. The zero-order valence-electron chi connectivity index (χ0n) is 17.4. The number of carbonyl (C=O) groups is 1. The van der Waals surface area contributed by atoms with Gasteiger partial charge in [0.25, 0.3) is 0 Å². The fourth-order valence-electron chi connectivity index (χ4n) is 4.94. The number of carboxylic acids is 1. The number of rotatable bonds is 5. The van der Waals surface area contributed by atoms with E-state index < -0.39 is 22.6 Å². The van der Waals surface area contributed by atoms with E-state index in [-0.39, 0.29) is 10.3 Å². The Hall–Kier alpha value is -1.90. The molecular weight excluding hydrogens is 482 g/mol.